The molecular weight excluding hydrogens is 353 g/mol. The summed E-state index contributed by atoms with van der Waals surface area (Å²) in [7, 11) is 0. The second-order valence-corrected chi connectivity index (χ2v) is 6.05. The van der Waals surface area contributed by atoms with Crippen molar-refractivity contribution in [2.45, 2.75) is 32.2 Å². The van der Waals surface area contributed by atoms with Crippen LogP contribution in [0.2, 0.25) is 0 Å². The Morgan fingerprint density at radius 2 is 2.15 bits per heavy atom. The number of alkyl halides is 3. The van der Waals surface area contributed by atoms with Crippen LogP contribution in [0.1, 0.15) is 19.0 Å². The van der Waals surface area contributed by atoms with Crippen LogP contribution in [0.15, 0.2) is 18.3 Å². The number of hydrogen-bond donors (Lipinski definition) is 2. The lowest BCUT2D eigenvalue weighted by Crippen LogP contribution is -2.40. The fourth-order valence-electron chi connectivity index (χ4n) is 2.53. The summed E-state index contributed by atoms with van der Waals surface area (Å²) in [5.74, 6) is -0.230. The van der Waals surface area contributed by atoms with Crippen LogP contribution >= 0.6 is 0 Å². The molecule has 1 atom stereocenters. The highest BCUT2D eigenvalue weighted by molar-refractivity contribution is 5.78. The molecule has 0 saturated carbocycles. The minimum Gasteiger partial charge on any atom is -0.489 e. The SMILES string of the molecule is CC(=O)NCc1cc(OC2CCN(CC(=O)NCC(F)(F)F)C2)ccn1. The number of carbonyl (C=O) groups is 2. The Hall–Kier alpha value is -2.36. The topological polar surface area (TPSA) is 83.6 Å². The molecule has 1 aliphatic rings. The lowest BCUT2D eigenvalue weighted by atomic mass is 10.3. The summed E-state index contributed by atoms with van der Waals surface area (Å²) >= 11 is 0. The minimum atomic E-state index is -4.41. The van der Waals surface area contributed by atoms with Crippen molar-refractivity contribution in [3.8, 4) is 5.75 Å². The van der Waals surface area contributed by atoms with Crippen molar-refractivity contribution in [1.29, 1.82) is 0 Å². The van der Waals surface area contributed by atoms with Gasteiger partial charge in [0.2, 0.25) is 11.8 Å². The van der Waals surface area contributed by atoms with Gasteiger partial charge in [-0.2, -0.15) is 13.2 Å². The molecule has 1 saturated heterocycles. The first-order valence-electron chi connectivity index (χ1n) is 8.13. The van der Waals surface area contributed by atoms with E-state index in [1.165, 1.54) is 6.92 Å². The smallest absolute Gasteiger partial charge is 0.405 e. The van der Waals surface area contributed by atoms with Crippen LogP contribution < -0.4 is 15.4 Å². The van der Waals surface area contributed by atoms with E-state index in [1.807, 2.05) is 5.32 Å². The molecule has 10 heteroatoms. The van der Waals surface area contributed by atoms with Crippen molar-refractivity contribution in [2.24, 2.45) is 0 Å². The van der Waals surface area contributed by atoms with Crippen molar-refractivity contribution in [2.75, 3.05) is 26.2 Å². The molecule has 0 aliphatic carbocycles. The van der Waals surface area contributed by atoms with Crippen molar-refractivity contribution in [1.82, 2.24) is 20.5 Å². The molecule has 2 heterocycles. The van der Waals surface area contributed by atoms with Gasteiger partial charge in [-0.05, 0) is 12.5 Å². The number of aromatic nitrogens is 1. The molecule has 0 spiro atoms. The molecule has 0 bridgehead atoms. The molecule has 2 amide bonds. The highest BCUT2D eigenvalue weighted by atomic mass is 19.4. The number of nitrogens with zero attached hydrogens (tertiary/aromatic N) is 2. The Labute approximate surface area is 148 Å². The molecular formula is C16H21F3N4O3. The predicted octanol–water partition coefficient (Wildman–Crippen LogP) is 0.849. The molecule has 2 N–H and O–H groups in total. The third-order valence-corrected chi connectivity index (χ3v) is 3.69. The number of amides is 2. The summed E-state index contributed by atoms with van der Waals surface area (Å²) in [6.07, 6.45) is -2.34. The van der Waals surface area contributed by atoms with Gasteiger partial charge in [0, 0.05) is 32.3 Å². The normalized spacial score (nSPS) is 17.8. The maximum atomic E-state index is 12.1. The Balaban J connectivity index is 1.77. The average Bonchev–Trinajstić information content (AvgIpc) is 2.97. The van der Waals surface area contributed by atoms with E-state index in [1.54, 1.807) is 23.2 Å². The summed E-state index contributed by atoms with van der Waals surface area (Å²) in [6.45, 7) is 1.30. The summed E-state index contributed by atoms with van der Waals surface area (Å²) in [5, 5.41) is 4.50. The molecule has 1 aliphatic heterocycles. The van der Waals surface area contributed by atoms with E-state index in [0.717, 1.165) is 0 Å². The van der Waals surface area contributed by atoms with Gasteiger partial charge in [0.25, 0.3) is 0 Å². The van der Waals surface area contributed by atoms with Gasteiger partial charge < -0.3 is 15.4 Å². The van der Waals surface area contributed by atoms with Gasteiger partial charge in [-0.3, -0.25) is 19.5 Å². The van der Waals surface area contributed by atoms with Crippen LogP contribution in [-0.2, 0) is 16.1 Å². The van der Waals surface area contributed by atoms with Crippen LogP contribution in [0.25, 0.3) is 0 Å². The van der Waals surface area contributed by atoms with E-state index in [4.69, 9.17) is 4.74 Å². The van der Waals surface area contributed by atoms with Gasteiger partial charge in [-0.15, -0.1) is 0 Å². The number of hydrogen-bond acceptors (Lipinski definition) is 5. The number of likely N-dealkylation sites (tertiary alicyclic amines) is 1. The van der Waals surface area contributed by atoms with Crippen molar-refractivity contribution < 1.29 is 27.5 Å². The van der Waals surface area contributed by atoms with Crippen molar-refractivity contribution in [3.63, 3.8) is 0 Å². The minimum absolute atomic E-state index is 0.0972. The zero-order chi connectivity index (χ0) is 19.2. The molecule has 1 aromatic rings. The van der Waals surface area contributed by atoms with Gasteiger partial charge >= 0.3 is 6.18 Å². The van der Waals surface area contributed by atoms with E-state index in [2.05, 4.69) is 10.3 Å². The number of pyridine rings is 1. The standard InChI is InChI=1S/C16H21F3N4O3/c1-11(24)21-7-12-6-13(2-4-20-12)26-14-3-5-23(8-14)9-15(25)22-10-16(17,18)19/h2,4,6,14H,3,5,7-10H2,1H3,(H,21,24)(H,22,25). The van der Waals surface area contributed by atoms with E-state index >= 15 is 0 Å². The second-order valence-electron chi connectivity index (χ2n) is 6.05. The Morgan fingerprint density at radius 3 is 2.85 bits per heavy atom. The predicted molar refractivity (Wildman–Crippen MR) is 86.3 cm³/mol. The van der Waals surface area contributed by atoms with E-state index in [-0.39, 0.29) is 18.6 Å². The van der Waals surface area contributed by atoms with Crippen molar-refractivity contribution >= 4 is 11.8 Å². The van der Waals surface area contributed by atoms with Gasteiger partial charge in [0.15, 0.2) is 0 Å². The molecule has 1 fully saturated rings. The Kier molecular flexibility index (Phi) is 6.78. The van der Waals surface area contributed by atoms with Gasteiger partial charge in [-0.1, -0.05) is 0 Å². The fourth-order valence-corrected chi connectivity index (χ4v) is 2.53. The largest absolute Gasteiger partial charge is 0.489 e. The summed E-state index contributed by atoms with van der Waals surface area (Å²) in [4.78, 5) is 28.4. The summed E-state index contributed by atoms with van der Waals surface area (Å²) < 4.78 is 42.1. The molecule has 0 radical (unpaired) electrons. The number of nitrogens with one attached hydrogen (secondary N) is 2. The molecule has 1 aromatic heterocycles. The second kappa shape index (κ2) is 8.84. The van der Waals surface area contributed by atoms with Crippen molar-refractivity contribution in [3.05, 3.63) is 24.0 Å². The lowest BCUT2D eigenvalue weighted by Gasteiger charge is -2.17. The van der Waals surface area contributed by atoms with E-state index in [0.29, 0.717) is 37.5 Å². The number of halogens is 3. The van der Waals surface area contributed by atoms with Gasteiger partial charge in [0.05, 0.1) is 18.8 Å². The quantitative estimate of drug-likeness (QED) is 0.739. The zero-order valence-corrected chi connectivity index (χ0v) is 14.3. The third-order valence-electron chi connectivity index (χ3n) is 3.69. The lowest BCUT2D eigenvalue weighted by molar-refractivity contribution is -0.138. The molecule has 2 rings (SSSR count). The molecule has 144 valence electrons. The number of carbonyl (C=O) groups excluding carboxylic acids is 2. The Bertz CT molecular complexity index is 639. The van der Waals surface area contributed by atoms with Gasteiger partial charge in [-0.25, -0.2) is 0 Å². The van der Waals surface area contributed by atoms with Crippen LogP contribution in [0, 0.1) is 0 Å². The number of rotatable bonds is 7. The maximum Gasteiger partial charge on any atom is 0.405 e. The zero-order valence-electron chi connectivity index (χ0n) is 14.3. The van der Waals surface area contributed by atoms with Crippen LogP contribution in [0.4, 0.5) is 13.2 Å². The van der Waals surface area contributed by atoms with Crippen LogP contribution in [0.5, 0.6) is 5.75 Å². The van der Waals surface area contributed by atoms with Gasteiger partial charge in [0.1, 0.15) is 18.4 Å². The third kappa shape index (κ3) is 7.26. The summed E-state index contributed by atoms with van der Waals surface area (Å²) in [5.41, 5.74) is 0.652. The first kappa shape index (κ1) is 20.0. The highest BCUT2D eigenvalue weighted by Gasteiger charge is 2.29. The van der Waals surface area contributed by atoms with E-state index in [9.17, 15) is 22.8 Å². The highest BCUT2D eigenvalue weighted by Crippen LogP contribution is 2.19. The Morgan fingerprint density at radius 1 is 1.38 bits per heavy atom. The molecule has 26 heavy (non-hydrogen) atoms. The first-order valence-corrected chi connectivity index (χ1v) is 8.13. The summed E-state index contributed by atoms with van der Waals surface area (Å²) in [6, 6.07) is 3.41. The maximum absolute atomic E-state index is 12.1. The van der Waals surface area contributed by atoms with E-state index < -0.39 is 18.6 Å². The van der Waals surface area contributed by atoms with Crippen LogP contribution in [0.3, 0.4) is 0 Å². The molecule has 7 nitrogen and oxygen atoms in total. The van der Waals surface area contributed by atoms with Crippen LogP contribution in [-0.4, -0.2) is 60.2 Å². The monoisotopic (exact) mass is 374 g/mol. The average molecular weight is 374 g/mol. The molecule has 0 aromatic carbocycles. The number of ether oxygens (including phenoxy) is 1. The first-order chi connectivity index (χ1) is 12.2. The molecule has 1 unspecified atom stereocenters. The fraction of sp³-hybridized carbons (Fsp3) is 0.562.